The summed E-state index contributed by atoms with van der Waals surface area (Å²) < 4.78 is 0. The van der Waals surface area contributed by atoms with E-state index in [9.17, 15) is 0 Å². The summed E-state index contributed by atoms with van der Waals surface area (Å²) in [4.78, 5) is 2.34. The summed E-state index contributed by atoms with van der Waals surface area (Å²) in [7, 11) is 0. The Bertz CT molecular complexity index is 571. The van der Waals surface area contributed by atoms with Gasteiger partial charge in [0.05, 0.1) is 11.3 Å². The lowest BCUT2D eigenvalue weighted by molar-refractivity contribution is 0.318. The molecule has 6 nitrogen and oxygen atoms in total. The van der Waals surface area contributed by atoms with Crippen molar-refractivity contribution in [1.29, 1.82) is 0 Å². The van der Waals surface area contributed by atoms with Gasteiger partial charge < -0.3 is 15.8 Å². The summed E-state index contributed by atoms with van der Waals surface area (Å²) in [6, 6.07) is 0.528. The lowest BCUT2D eigenvalue weighted by Crippen LogP contribution is -2.44. The number of anilines is 1. The quantitative estimate of drug-likeness (QED) is 0.376. The fourth-order valence-electron chi connectivity index (χ4n) is 3.87. The van der Waals surface area contributed by atoms with Gasteiger partial charge in [-0.15, -0.1) is 5.10 Å². The van der Waals surface area contributed by atoms with Crippen molar-refractivity contribution < 1.29 is 5.21 Å². The lowest BCUT2D eigenvalue weighted by atomic mass is 9.91. The fourth-order valence-corrected chi connectivity index (χ4v) is 3.87. The molecular weight excluding hydrogens is 266 g/mol. The molecule has 1 aromatic rings. The van der Waals surface area contributed by atoms with Gasteiger partial charge in [-0.2, -0.15) is 5.10 Å². The molecule has 1 aliphatic carbocycles. The topological polar surface area (TPSA) is 87.6 Å². The molecule has 114 valence electrons. The average molecular weight is 289 g/mol. The normalized spacial score (nSPS) is 26.0. The van der Waals surface area contributed by atoms with Crippen LogP contribution < -0.4 is 10.6 Å². The zero-order valence-electron chi connectivity index (χ0n) is 12.7. The number of nitrogens with two attached hydrogens (primary N) is 1. The van der Waals surface area contributed by atoms with Gasteiger partial charge in [0, 0.05) is 12.6 Å². The molecule has 1 aromatic heterocycles. The Morgan fingerprint density at radius 1 is 1.24 bits per heavy atom. The number of piperidine rings is 1. The van der Waals surface area contributed by atoms with E-state index >= 15 is 0 Å². The van der Waals surface area contributed by atoms with Gasteiger partial charge in [0.2, 0.25) is 0 Å². The lowest BCUT2D eigenvalue weighted by Gasteiger charge is -2.39. The van der Waals surface area contributed by atoms with Gasteiger partial charge in [-0.3, -0.25) is 0 Å². The van der Waals surface area contributed by atoms with E-state index in [1.807, 2.05) is 13.8 Å². The standard InChI is InChI=1S/C15H23N5O/c1-9-10(2)17-18-15(13(9)14(16)19-21)20-8-4-6-11-5-3-7-12(11)20/h11-12,21H,3-8H2,1-2H3,(H2,16,19). The highest BCUT2D eigenvalue weighted by Crippen LogP contribution is 2.39. The molecule has 1 saturated carbocycles. The van der Waals surface area contributed by atoms with Crippen LogP contribution in [0.4, 0.5) is 5.82 Å². The van der Waals surface area contributed by atoms with Crippen LogP contribution in [0.1, 0.15) is 48.9 Å². The first-order valence-electron chi connectivity index (χ1n) is 7.72. The highest BCUT2D eigenvalue weighted by atomic mass is 16.4. The Labute approximate surface area is 125 Å². The molecule has 0 bridgehead atoms. The number of hydrogen-bond acceptors (Lipinski definition) is 5. The Morgan fingerprint density at radius 3 is 2.76 bits per heavy atom. The highest BCUT2D eigenvalue weighted by molar-refractivity contribution is 6.02. The van der Waals surface area contributed by atoms with E-state index in [-0.39, 0.29) is 5.84 Å². The largest absolute Gasteiger partial charge is 0.409 e. The maximum absolute atomic E-state index is 9.11. The maximum atomic E-state index is 9.11. The molecule has 0 amide bonds. The van der Waals surface area contributed by atoms with Crippen molar-refractivity contribution in [1.82, 2.24) is 10.2 Å². The van der Waals surface area contributed by atoms with Crippen LogP contribution in [0, 0.1) is 19.8 Å². The van der Waals surface area contributed by atoms with Gasteiger partial charge in [-0.1, -0.05) is 11.6 Å². The monoisotopic (exact) mass is 289 g/mol. The van der Waals surface area contributed by atoms with Crippen molar-refractivity contribution in [3.05, 3.63) is 16.8 Å². The number of hydrogen-bond donors (Lipinski definition) is 2. The van der Waals surface area contributed by atoms with Gasteiger partial charge >= 0.3 is 0 Å². The second-order valence-corrected chi connectivity index (χ2v) is 6.19. The molecule has 2 heterocycles. The molecule has 21 heavy (non-hydrogen) atoms. The summed E-state index contributed by atoms with van der Waals surface area (Å²) in [6.07, 6.45) is 6.26. The zero-order chi connectivity index (χ0) is 15.0. The first-order chi connectivity index (χ1) is 10.1. The molecule has 2 fully saturated rings. The minimum Gasteiger partial charge on any atom is -0.409 e. The van der Waals surface area contributed by atoms with Crippen LogP contribution in [0.2, 0.25) is 0 Å². The van der Waals surface area contributed by atoms with Crippen molar-refractivity contribution in [2.75, 3.05) is 11.4 Å². The number of amidine groups is 1. The molecule has 1 saturated heterocycles. The SMILES string of the molecule is Cc1nnc(N2CCCC3CCCC32)c(C(N)=NO)c1C. The smallest absolute Gasteiger partial charge is 0.174 e. The zero-order valence-corrected chi connectivity index (χ0v) is 12.7. The van der Waals surface area contributed by atoms with Crippen LogP contribution in [-0.4, -0.2) is 33.8 Å². The van der Waals surface area contributed by atoms with Crippen LogP contribution in [0.15, 0.2) is 5.16 Å². The van der Waals surface area contributed by atoms with E-state index in [4.69, 9.17) is 10.9 Å². The molecular formula is C15H23N5O. The number of oxime groups is 1. The van der Waals surface area contributed by atoms with Gasteiger partial charge in [-0.05, 0) is 51.0 Å². The van der Waals surface area contributed by atoms with E-state index in [0.717, 1.165) is 35.1 Å². The predicted octanol–water partition coefficient (Wildman–Crippen LogP) is 1.96. The molecule has 2 aliphatic rings. The number of fused-ring (bicyclic) bond motifs is 1. The van der Waals surface area contributed by atoms with E-state index in [0.29, 0.717) is 6.04 Å². The minimum absolute atomic E-state index is 0.126. The highest BCUT2D eigenvalue weighted by Gasteiger charge is 2.37. The van der Waals surface area contributed by atoms with Gasteiger partial charge in [0.1, 0.15) is 0 Å². The predicted molar refractivity (Wildman–Crippen MR) is 81.7 cm³/mol. The van der Waals surface area contributed by atoms with Crippen molar-refractivity contribution >= 4 is 11.7 Å². The molecule has 2 unspecified atom stereocenters. The Balaban J connectivity index is 2.07. The molecule has 1 aliphatic heterocycles. The summed E-state index contributed by atoms with van der Waals surface area (Å²) in [6.45, 7) is 4.83. The molecule has 2 atom stereocenters. The second kappa shape index (κ2) is 5.50. The first kappa shape index (κ1) is 14.1. The van der Waals surface area contributed by atoms with E-state index in [1.54, 1.807) is 0 Å². The molecule has 0 spiro atoms. The van der Waals surface area contributed by atoms with Gasteiger partial charge in [0.25, 0.3) is 0 Å². The van der Waals surface area contributed by atoms with Crippen LogP contribution in [-0.2, 0) is 0 Å². The average Bonchev–Trinajstić information content (AvgIpc) is 2.97. The molecule has 3 rings (SSSR count). The van der Waals surface area contributed by atoms with E-state index < -0.39 is 0 Å². The minimum atomic E-state index is 0.126. The van der Waals surface area contributed by atoms with Crippen molar-refractivity contribution in [3.8, 4) is 0 Å². The first-order valence-corrected chi connectivity index (χ1v) is 7.72. The van der Waals surface area contributed by atoms with E-state index in [2.05, 4.69) is 20.3 Å². The third-order valence-electron chi connectivity index (χ3n) is 5.07. The van der Waals surface area contributed by atoms with Gasteiger partial charge in [-0.25, -0.2) is 0 Å². The van der Waals surface area contributed by atoms with E-state index in [1.165, 1.54) is 32.1 Å². The van der Waals surface area contributed by atoms with Crippen LogP contribution >= 0.6 is 0 Å². The third-order valence-corrected chi connectivity index (χ3v) is 5.07. The second-order valence-electron chi connectivity index (χ2n) is 6.19. The fraction of sp³-hybridized carbons (Fsp3) is 0.667. The molecule has 3 N–H and O–H groups in total. The Kier molecular flexibility index (Phi) is 3.69. The number of rotatable bonds is 2. The maximum Gasteiger partial charge on any atom is 0.174 e. The molecule has 0 aromatic carbocycles. The summed E-state index contributed by atoms with van der Waals surface area (Å²) in [5.74, 6) is 1.66. The van der Waals surface area contributed by atoms with Crippen LogP contribution in [0.3, 0.4) is 0 Å². The number of nitrogens with zero attached hydrogens (tertiary/aromatic N) is 4. The van der Waals surface area contributed by atoms with Crippen molar-refractivity contribution in [2.45, 2.75) is 52.0 Å². The summed E-state index contributed by atoms with van der Waals surface area (Å²) in [5.41, 5.74) is 8.41. The Hall–Kier alpha value is -1.85. The number of aryl methyl sites for hydroxylation is 1. The van der Waals surface area contributed by atoms with Crippen LogP contribution in [0.25, 0.3) is 0 Å². The molecule has 6 heteroatoms. The van der Waals surface area contributed by atoms with Gasteiger partial charge in [0.15, 0.2) is 11.7 Å². The number of aromatic nitrogens is 2. The van der Waals surface area contributed by atoms with Crippen molar-refractivity contribution in [2.24, 2.45) is 16.8 Å². The summed E-state index contributed by atoms with van der Waals surface area (Å²) in [5, 5.41) is 21.0. The van der Waals surface area contributed by atoms with Crippen molar-refractivity contribution in [3.63, 3.8) is 0 Å². The Morgan fingerprint density at radius 2 is 2.00 bits per heavy atom. The molecule has 0 radical (unpaired) electrons. The summed E-state index contributed by atoms with van der Waals surface area (Å²) >= 11 is 0. The third kappa shape index (κ3) is 2.32. The van der Waals surface area contributed by atoms with Crippen LogP contribution in [0.5, 0.6) is 0 Å².